The first-order valence-corrected chi connectivity index (χ1v) is 12.6. The number of thiocarbonyl (C=S) groups is 1. The van der Waals surface area contributed by atoms with Crippen LogP contribution in [0.2, 0.25) is 5.02 Å². The number of rotatable bonds is 7. The maximum absolute atomic E-state index is 12.8. The summed E-state index contributed by atoms with van der Waals surface area (Å²) in [6.45, 7) is 0.320. The summed E-state index contributed by atoms with van der Waals surface area (Å²) in [7, 11) is 1.50. The van der Waals surface area contributed by atoms with Gasteiger partial charge >= 0.3 is 0 Å². The van der Waals surface area contributed by atoms with Gasteiger partial charge < -0.3 is 20.5 Å². The Hall–Kier alpha value is -3.14. The summed E-state index contributed by atoms with van der Waals surface area (Å²) in [5.41, 5.74) is 8.37. The van der Waals surface area contributed by atoms with Gasteiger partial charge in [-0.1, -0.05) is 23.7 Å². The van der Waals surface area contributed by atoms with Crippen LogP contribution >= 0.6 is 35.2 Å². The Kier molecular flexibility index (Phi) is 7.90. The lowest BCUT2D eigenvalue weighted by molar-refractivity contribution is 0.0975. The zero-order valence-electron chi connectivity index (χ0n) is 19.0. The Bertz CT molecular complexity index is 1270. The van der Waals surface area contributed by atoms with Crippen LogP contribution in [0.1, 0.15) is 49.6 Å². The molecule has 4 rings (SSSR count). The monoisotopic (exact) mass is 529 g/mol. The Labute approximate surface area is 217 Å². The molecule has 10 heteroatoms. The van der Waals surface area contributed by atoms with Crippen LogP contribution in [0, 0.1) is 0 Å². The molecule has 0 unspecified atom stereocenters. The number of anilines is 1. The van der Waals surface area contributed by atoms with Crippen molar-refractivity contribution in [1.29, 1.82) is 0 Å². The van der Waals surface area contributed by atoms with Gasteiger partial charge in [0.05, 0.1) is 12.7 Å². The Balaban J connectivity index is 1.42. The summed E-state index contributed by atoms with van der Waals surface area (Å²) in [5, 5.41) is 6.94. The quantitative estimate of drug-likeness (QED) is 0.368. The molecular weight excluding hydrogens is 506 g/mol. The molecule has 0 radical (unpaired) electrons. The Morgan fingerprint density at radius 3 is 2.57 bits per heavy atom. The summed E-state index contributed by atoms with van der Waals surface area (Å²) < 4.78 is 11.3. The smallest absolute Gasteiger partial charge is 0.257 e. The van der Waals surface area contributed by atoms with Gasteiger partial charge in [0.1, 0.15) is 11.6 Å². The van der Waals surface area contributed by atoms with E-state index < -0.39 is 11.8 Å². The van der Waals surface area contributed by atoms with E-state index in [0.717, 1.165) is 41.7 Å². The minimum atomic E-state index is -0.500. The molecule has 1 aromatic heterocycles. The molecule has 0 bridgehead atoms. The predicted molar refractivity (Wildman–Crippen MR) is 142 cm³/mol. The molecule has 0 spiro atoms. The van der Waals surface area contributed by atoms with E-state index in [-0.39, 0.29) is 5.11 Å². The molecule has 3 aromatic rings. The molecule has 7 nitrogen and oxygen atoms in total. The molecule has 0 atom stereocenters. The fraction of sp³-hybridized carbons (Fsp3) is 0.240. The van der Waals surface area contributed by atoms with Gasteiger partial charge in [0.2, 0.25) is 0 Å². The van der Waals surface area contributed by atoms with Crippen LogP contribution in [0.3, 0.4) is 0 Å². The van der Waals surface area contributed by atoms with Crippen molar-refractivity contribution < 1.29 is 19.1 Å². The number of ether oxygens (including phenoxy) is 2. The lowest BCUT2D eigenvalue weighted by Crippen LogP contribution is -2.34. The number of aryl methyl sites for hydroxylation is 1. The second-order valence-electron chi connectivity index (χ2n) is 7.97. The maximum Gasteiger partial charge on any atom is 0.257 e. The molecule has 0 saturated carbocycles. The maximum atomic E-state index is 12.8. The van der Waals surface area contributed by atoms with Crippen LogP contribution in [0.25, 0.3) is 0 Å². The summed E-state index contributed by atoms with van der Waals surface area (Å²) in [4.78, 5) is 26.0. The molecule has 35 heavy (non-hydrogen) atoms. The van der Waals surface area contributed by atoms with E-state index in [2.05, 4.69) is 10.6 Å². The van der Waals surface area contributed by atoms with Crippen LogP contribution in [0.4, 0.5) is 5.00 Å². The average molecular weight is 530 g/mol. The van der Waals surface area contributed by atoms with E-state index in [9.17, 15) is 9.59 Å². The number of fused-ring (bicyclic) bond motifs is 1. The highest BCUT2D eigenvalue weighted by Crippen LogP contribution is 2.38. The zero-order chi connectivity index (χ0) is 24.9. The number of hydrogen-bond acceptors (Lipinski definition) is 6. The fourth-order valence-corrected chi connectivity index (χ4v) is 5.58. The largest absolute Gasteiger partial charge is 0.493 e. The number of carbonyl (C=O) groups is 2. The highest BCUT2D eigenvalue weighted by molar-refractivity contribution is 7.80. The van der Waals surface area contributed by atoms with E-state index in [1.165, 1.54) is 18.4 Å². The molecule has 0 saturated heterocycles. The van der Waals surface area contributed by atoms with Gasteiger partial charge in [-0.05, 0) is 79.4 Å². The number of methoxy groups -OCH3 is 1. The van der Waals surface area contributed by atoms with Gasteiger partial charge in [-0.2, -0.15) is 0 Å². The average Bonchev–Trinajstić information content (AvgIpc) is 3.21. The summed E-state index contributed by atoms with van der Waals surface area (Å²) in [6.07, 6.45) is 3.82. The SMILES string of the molecule is COc1cc(C(=O)NC(=S)Nc2sc3c(c2C(N)=O)CCCC3)ccc1OCc1ccc(Cl)cc1. The van der Waals surface area contributed by atoms with Crippen molar-refractivity contribution in [3.8, 4) is 11.5 Å². The summed E-state index contributed by atoms with van der Waals surface area (Å²) in [6, 6.07) is 12.2. The van der Waals surface area contributed by atoms with E-state index >= 15 is 0 Å². The van der Waals surface area contributed by atoms with Gasteiger partial charge in [-0.25, -0.2) is 0 Å². The van der Waals surface area contributed by atoms with Gasteiger partial charge in [0.25, 0.3) is 11.8 Å². The van der Waals surface area contributed by atoms with E-state index in [1.807, 2.05) is 12.1 Å². The zero-order valence-corrected chi connectivity index (χ0v) is 21.4. The molecular formula is C25H24ClN3O4S2. The van der Waals surface area contributed by atoms with E-state index in [1.54, 1.807) is 30.3 Å². The summed E-state index contributed by atoms with van der Waals surface area (Å²) >= 11 is 12.7. The van der Waals surface area contributed by atoms with Gasteiger partial charge in [-0.3, -0.25) is 14.9 Å². The van der Waals surface area contributed by atoms with Gasteiger partial charge in [0.15, 0.2) is 16.6 Å². The van der Waals surface area contributed by atoms with Crippen molar-refractivity contribution in [2.45, 2.75) is 32.3 Å². The highest BCUT2D eigenvalue weighted by Gasteiger charge is 2.24. The molecule has 0 fully saturated rings. The molecule has 0 aliphatic heterocycles. The lowest BCUT2D eigenvalue weighted by Gasteiger charge is -2.13. The lowest BCUT2D eigenvalue weighted by atomic mass is 9.95. The number of carbonyl (C=O) groups excluding carboxylic acids is 2. The minimum Gasteiger partial charge on any atom is -0.493 e. The van der Waals surface area contributed by atoms with Crippen molar-refractivity contribution in [3.63, 3.8) is 0 Å². The number of thiophene rings is 1. The van der Waals surface area contributed by atoms with Crippen molar-refractivity contribution in [1.82, 2.24) is 5.32 Å². The minimum absolute atomic E-state index is 0.0816. The molecule has 4 N–H and O–H groups in total. The van der Waals surface area contributed by atoms with Gasteiger partial charge in [0, 0.05) is 15.5 Å². The Morgan fingerprint density at radius 2 is 1.86 bits per heavy atom. The number of amides is 2. The summed E-state index contributed by atoms with van der Waals surface area (Å²) in [5.74, 6) is -0.0191. The number of nitrogens with one attached hydrogen (secondary N) is 2. The third-order valence-corrected chi connectivity index (χ3v) is 7.27. The number of benzene rings is 2. The highest BCUT2D eigenvalue weighted by atomic mass is 35.5. The first-order chi connectivity index (χ1) is 16.9. The van der Waals surface area contributed by atoms with Crippen molar-refractivity contribution >= 4 is 57.1 Å². The molecule has 1 aliphatic rings. The first-order valence-electron chi connectivity index (χ1n) is 11.0. The molecule has 1 heterocycles. The molecule has 2 aromatic carbocycles. The standard InChI is InChI=1S/C25H24ClN3O4S2/c1-32-19-12-15(8-11-18(19)33-13-14-6-9-16(26)10-7-14)23(31)28-25(34)29-24-21(22(27)30)17-4-2-3-5-20(17)35-24/h6-12H,2-5,13H2,1H3,(H2,27,30)(H2,28,29,31,34). The number of nitrogens with two attached hydrogens (primary N) is 1. The van der Waals surface area contributed by atoms with Crippen LogP contribution in [0.15, 0.2) is 42.5 Å². The molecule has 182 valence electrons. The first kappa shape index (κ1) is 25.0. The Morgan fingerprint density at radius 1 is 1.11 bits per heavy atom. The predicted octanol–water partition coefficient (Wildman–Crippen LogP) is 5.09. The van der Waals surface area contributed by atoms with Crippen molar-refractivity contribution in [2.75, 3.05) is 12.4 Å². The third kappa shape index (κ3) is 5.93. The van der Waals surface area contributed by atoms with E-state index in [0.29, 0.717) is 39.3 Å². The second-order valence-corrected chi connectivity index (χ2v) is 9.92. The van der Waals surface area contributed by atoms with Gasteiger partial charge in [-0.15, -0.1) is 11.3 Å². The number of primary amides is 1. The number of hydrogen-bond donors (Lipinski definition) is 3. The van der Waals surface area contributed by atoms with Crippen molar-refractivity contribution in [2.24, 2.45) is 5.73 Å². The normalized spacial score (nSPS) is 12.4. The second kappa shape index (κ2) is 11.1. The van der Waals surface area contributed by atoms with Crippen LogP contribution in [-0.2, 0) is 19.4 Å². The molecule has 2 amide bonds. The van der Waals surface area contributed by atoms with Crippen LogP contribution < -0.4 is 25.8 Å². The fourth-order valence-electron chi connectivity index (χ4n) is 3.89. The van der Waals surface area contributed by atoms with Crippen LogP contribution in [0.5, 0.6) is 11.5 Å². The topological polar surface area (TPSA) is 103 Å². The third-order valence-electron chi connectivity index (χ3n) is 5.61. The van der Waals surface area contributed by atoms with Crippen LogP contribution in [-0.4, -0.2) is 24.0 Å². The molecule has 1 aliphatic carbocycles. The van der Waals surface area contributed by atoms with E-state index in [4.69, 9.17) is 39.0 Å². The van der Waals surface area contributed by atoms with Crippen molar-refractivity contribution in [3.05, 3.63) is 74.6 Å². The number of halogens is 1.